The van der Waals surface area contributed by atoms with Crippen molar-refractivity contribution >= 4 is 6.16 Å². The maximum Gasteiger partial charge on any atom is 0.509 e. The first kappa shape index (κ1) is 27.5. The predicted molar refractivity (Wildman–Crippen MR) is 131 cm³/mol. The SMILES string of the molecule is CC(C)(C)c1ccc(OCC(CO)OC(=O)OC(CO)COc2ccc(C(C)(C)C)cc2)cc1. The zero-order valence-electron chi connectivity index (χ0n) is 21.0. The molecule has 0 aromatic heterocycles. The lowest BCUT2D eigenvalue weighted by atomic mass is 9.87. The van der Waals surface area contributed by atoms with Crippen LogP contribution in [0.1, 0.15) is 52.7 Å². The fourth-order valence-electron chi connectivity index (χ4n) is 3.03. The van der Waals surface area contributed by atoms with Crippen molar-refractivity contribution in [1.29, 1.82) is 0 Å². The first-order valence-electron chi connectivity index (χ1n) is 11.5. The summed E-state index contributed by atoms with van der Waals surface area (Å²) in [4.78, 5) is 12.1. The van der Waals surface area contributed by atoms with Crippen LogP contribution in [0.25, 0.3) is 0 Å². The third-order valence-electron chi connectivity index (χ3n) is 5.25. The van der Waals surface area contributed by atoms with Crippen molar-refractivity contribution in [2.24, 2.45) is 0 Å². The van der Waals surface area contributed by atoms with E-state index in [4.69, 9.17) is 18.9 Å². The monoisotopic (exact) mass is 474 g/mol. The summed E-state index contributed by atoms with van der Waals surface area (Å²) in [5, 5.41) is 19.1. The molecule has 0 bridgehead atoms. The van der Waals surface area contributed by atoms with Gasteiger partial charge in [-0.15, -0.1) is 0 Å². The van der Waals surface area contributed by atoms with Gasteiger partial charge < -0.3 is 29.2 Å². The standard InChI is InChI=1S/C27H38O7/c1-26(2,3)19-7-11-21(12-8-19)31-17-23(15-28)33-25(30)34-24(16-29)18-32-22-13-9-20(10-14-22)27(4,5)6/h7-14,23-24,28-29H,15-18H2,1-6H3. The van der Waals surface area contributed by atoms with Crippen LogP contribution in [0, 0.1) is 0 Å². The normalized spacial score (nSPS) is 13.6. The number of rotatable bonds is 10. The van der Waals surface area contributed by atoms with Crippen LogP contribution in [0.5, 0.6) is 11.5 Å². The van der Waals surface area contributed by atoms with Gasteiger partial charge in [0.25, 0.3) is 0 Å². The molecule has 0 spiro atoms. The first-order chi connectivity index (χ1) is 15.9. The minimum absolute atomic E-state index is 0.0296. The molecule has 2 aromatic carbocycles. The average Bonchev–Trinajstić information content (AvgIpc) is 2.78. The Kier molecular flexibility index (Phi) is 9.77. The molecule has 7 nitrogen and oxygen atoms in total. The lowest BCUT2D eigenvalue weighted by Crippen LogP contribution is -2.33. The molecule has 34 heavy (non-hydrogen) atoms. The predicted octanol–water partition coefficient (Wildman–Crippen LogP) is 4.61. The van der Waals surface area contributed by atoms with Gasteiger partial charge in [0.05, 0.1) is 13.2 Å². The minimum Gasteiger partial charge on any atom is -0.490 e. The number of carbonyl (C=O) groups excluding carboxylic acids is 1. The van der Waals surface area contributed by atoms with Crippen molar-refractivity contribution in [2.75, 3.05) is 26.4 Å². The van der Waals surface area contributed by atoms with Crippen molar-refractivity contribution in [3.05, 3.63) is 59.7 Å². The quantitative estimate of drug-likeness (QED) is 0.486. The van der Waals surface area contributed by atoms with E-state index in [0.717, 1.165) is 0 Å². The molecule has 2 aromatic rings. The Bertz CT molecular complexity index is 804. The molecule has 0 heterocycles. The molecule has 0 fully saturated rings. The molecule has 0 aliphatic heterocycles. The Morgan fingerprint density at radius 1 is 0.676 bits per heavy atom. The van der Waals surface area contributed by atoms with Crippen LogP contribution in [0.3, 0.4) is 0 Å². The molecule has 0 aliphatic rings. The molecular formula is C27H38O7. The van der Waals surface area contributed by atoms with Gasteiger partial charge in [0, 0.05) is 0 Å². The molecule has 2 atom stereocenters. The largest absolute Gasteiger partial charge is 0.509 e. The fraction of sp³-hybridized carbons (Fsp3) is 0.519. The summed E-state index contributed by atoms with van der Waals surface area (Å²) in [5.41, 5.74) is 2.39. The molecular weight excluding hydrogens is 436 g/mol. The van der Waals surface area contributed by atoms with Crippen molar-refractivity contribution in [3.8, 4) is 11.5 Å². The third kappa shape index (κ3) is 8.88. The lowest BCUT2D eigenvalue weighted by molar-refractivity contribution is -0.0485. The summed E-state index contributed by atoms with van der Waals surface area (Å²) in [6, 6.07) is 15.2. The van der Waals surface area contributed by atoms with E-state index in [1.807, 2.05) is 48.5 Å². The Morgan fingerprint density at radius 3 is 1.26 bits per heavy atom. The number of aliphatic hydroxyl groups excluding tert-OH is 2. The van der Waals surface area contributed by atoms with Crippen molar-refractivity contribution in [3.63, 3.8) is 0 Å². The second-order valence-corrected chi connectivity index (χ2v) is 10.3. The van der Waals surface area contributed by atoms with Gasteiger partial charge in [-0.05, 0) is 46.2 Å². The van der Waals surface area contributed by atoms with Gasteiger partial charge in [-0.2, -0.15) is 0 Å². The van der Waals surface area contributed by atoms with Gasteiger partial charge in [-0.1, -0.05) is 65.8 Å². The van der Waals surface area contributed by atoms with Gasteiger partial charge >= 0.3 is 6.16 Å². The number of aliphatic hydroxyl groups is 2. The summed E-state index contributed by atoms with van der Waals surface area (Å²) >= 11 is 0. The third-order valence-corrected chi connectivity index (χ3v) is 5.25. The number of hydrogen-bond acceptors (Lipinski definition) is 7. The molecule has 0 saturated carbocycles. The van der Waals surface area contributed by atoms with E-state index < -0.39 is 31.6 Å². The molecule has 188 valence electrons. The molecule has 7 heteroatoms. The summed E-state index contributed by atoms with van der Waals surface area (Å²) in [6.45, 7) is 11.8. The Balaban J connectivity index is 1.81. The van der Waals surface area contributed by atoms with Crippen LogP contribution >= 0.6 is 0 Å². The molecule has 2 unspecified atom stereocenters. The van der Waals surface area contributed by atoms with Gasteiger partial charge in [-0.3, -0.25) is 0 Å². The minimum atomic E-state index is -1.02. The summed E-state index contributed by atoms with van der Waals surface area (Å²) < 4.78 is 21.5. The van der Waals surface area contributed by atoms with Crippen molar-refractivity contribution < 1.29 is 34.0 Å². The average molecular weight is 475 g/mol. The molecule has 0 aliphatic carbocycles. The van der Waals surface area contributed by atoms with E-state index in [-0.39, 0.29) is 24.0 Å². The van der Waals surface area contributed by atoms with Crippen LogP contribution in [0.2, 0.25) is 0 Å². The van der Waals surface area contributed by atoms with Crippen LogP contribution in [-0.2, 0) is 20.3 Å². The summed E-state index contributed by atoms with van der Waals surface area (Å²) in [5.74, 6) is 1.20. The zero-order chi connectivity index (χ0) is 25.4. The van der Waals surface area contributed by atoms with E-state index in [0.29, 0.717) is 11.5 Å². The van der Waals surface area contributed by atoms with E-state index in [2.05, 4.69) is 41.5 Å². The second kappa shape index (κ2) is 12.1. The molecule has 0 saturated heterocycles. The fourth-order valence-corrected chi connectivity index (χ4v) is 3.03. The van der Waals surface area contributed by atoms with Crippen molar-refractivity contribution in [1.82, 2.24) is 0 Å². The first-order valence-corrected chi connectivity index (χ1v) is 11.5. The number of carbonyl (C=O) groups is 1. The molecule has 0 amide bonds. The van der Waals surface area contributed by atoms with Crippen molar-refractivity contribution in [2.45, 2.75) is 64.6 Å². The molecule has 0 radical (unpaired) electrons. The highest BCUT2D eigenvalue weighted by atomic mass is 16.7. The van der Waals surface area contributed by atoms with E-state index in [1.165, 1.54) is 11.1 Å². The van der Waals surface area contributed by atoms with Gasteiger partial charge in [-0.25, -0.2) is 4.79 Å². The number of ether oxygens (including phenoxy) is 4. The maximum atomic E-state index is 12.1. The van der Waals surface area contributed by atoms with Crippen LogP contribution in [0.4, 0.5) is 4.79 Å². The molecule has 2 rings (SSSR count). The number of benzene rings is 2. The van der Waals surface area contributed by atoms with E-state index in [9.17, 15) is 15.0 Å². The van der Waals surface area contributed by atoms with Crippen LogP contribution < -0.4 is 9.47 Å². The lowest BCUT2D eigenvalue weighted by Gasteiger charge is -2.21. The highest BCUT2D eigenvalue weighted by Crippen LogP contribution is 2.25. The van der Waals surface area contributed by atoms with E-state index in [1.54, 1.807) is 0 Å². The highest BCUT2D eigenvalue weighted by molar-refractivity contribution is 5.60. The molecule has 2 N–H and O–H groups in total. The summed E-state index contributed by atoms with van der Waals surface area (Å²) in [7, 11) is 0. The Hall–Kier alpha value is -2.77. The second-order valence-electron chi connectivity index (χ2n) is 10.3. The number of hydrogen-bond donors (Lipinski definition) is 2. The topological polar surface area (TPSA) is 94.5 Å². The zero-order valence-corrected chi connectivity index (χ0v) is 21.0. The van der Waals surface area contributed by atoms with Crippen LogP contribution in [-0.4, -0.2) is 55.0 Å². The van der Waals surface area contributed by atoms with Gasteiger partial charge in [0.1, 0.15) is 24.7 Å². The Labute approximate surface area is 202 Å². The maximum absolute atomic E-state index is 12.1. The van der Waals surface area contributed by atoms with E-state index >= 15 is 0 Å². The highest BCUT2D eigenvalue weighted by Gasteiger charge is 2.21. The van der Waals surface area contributed by atoms with Gasteiger partial charge in [0.15, 0.2) is 12.2 Å². The van der Waals surface area contributed by atoms with Gasteiger partial charge in [0.2, 0.25) is 0 Å². The van der Waals surface area contributed by atoms with Crippen LogP contribution in [0.15, 0.2) is 48.5 Å². The summed E-state index contributed by atoms with van der Waals surface area (Å²) in [6.07, 6.45) is -2.85. The Morgan fingerprint density at radius 2 is 1.00 bits per heavy atom. The smallest absolute Gasteiger partial charge is 0.490 e.